The van der Waals surface area contributed by atoms with Crippen LogP contribution in [0.5, 0.6) is 0 Å². The van der Waals surface area contributed by atoms with Gasteiger partial charge in [-0.3, -0.25) is 4.84 Å². The van der Waals surface area contributed by atoms with Crippen LogP contribution in [-0.4, -0.2) is 4.58 Å². The van der Waals surface area contributed by atoms with Crippen molar-refractivity contribution in [3.63, 3.8) is 0 Å². The number of hydrogen-bond acceptors (Lipinski definition) is 2. The molecule has 1 unspecified atom stereocenters. The van der Waals surface area contributed by atoms with E-state index >= 15 is 0 Å². The molecule has 69 valence electrons. The largest absolute Gasteiger partial charge is 0.275 e. The Bertz CT molecular complexity index is 307. The summed E-state index contributed by atoms with van der Waals surface area (Å²) in [7, 11) is 0. The van der Waals surface area contributed by atoms with Crippen molar-refractivity contribution < 1.29 is 4.84 Å². The van der Waals surface area contributed by atoms with E-state index in [0.717, 1.165) is 6.42 Å². The van der Waals surface area contributed by atoms with Crippen molar-refractivity contribution in [3.8, 4) is 0 Å². The van der Waals surface area contributed by atoms with Gasteiger partial charge >= 0.3 is 0 Å². The van der Waals surface area contributed by atoms with Gasteiger partial charge in [-0.05, 0) is 40.3 Å². The van der Waals surface area contributed by atoms with Crippen molar-refractivity contribution >= 4 is 34.4 Å². The van der Waals surface area contributed by atoms with Crippen LogP contribution in [0.25, 0.3) is 0 Å². The van der Waals surface area contributed by atoms with Crippen LogP contribution in [0.3, 0.4) is 0 Å². The molecular formula is C9H8ClINO. The van der Waals surface area contributed by atoms with E-state index < -0.39 is 0 Å². The van der Waals surface area contributed by atoms with E-state index in [4.69, 9.17) is 16.6 Å². The maximum Gasteiger partial charge on any atom is 0.108 e. The fourth-order valence-electron chi connectivity index (χ4n) is 1.29. The minimum Gasteiger partial charge on any atom is -0.275 e. The number of halogens is 2. The van der Waals surface area contributed by atoms with E-state index in [1.165, 1.54) is 13.7 Å². The predicted molar refractivity (Wildman–Crippen MR) is 59.6 cm³/mol. The average molecular weight is 309 g/mol. The molecule has 1 fully saturated rings. The SMILES string of the molecule is ClN1[CH]CC(c2cccc(I)c2)O1. The first kappa shape index (κ1) is 9.71. The smallest absolute Gasteiger partial charge is 0.108 e. The maximum absolute atomic E-state index is 5.65. The second-order valence-corrected chi connectivity index (χ2v) is 4.42. The summed E-state index contributed by atoms with van der Waals surface area (Å²) >= 11 is 7.94. The first-order valence-corrected chi connectivity index (χ1v) is 5.38. The summed E-state index contributed by atoms with van der Waals surface area (Å²) < 4.78 is 2.47. The monoisotopic (exact) mass is 308 g/mol. The number of hydrogen-bond donors (Lipinski definition) is 0. The van der Waals surface area contributed by atoms with Crippen LogP contribution in [0.4, 0.5) is 0 Å². The molecule has 2 rings (SSSR count). The minimum atomic E-state index is 0.0761. The van der Waals surface area contributed by atoms with Gasteiger partial charge < -0.3 is 0 Å². The number of nitrogens with zero attached hydrogens (tertiary/aromatic N) is 1. The Morgan fingerprint density at radius 1 is 1.54 bits per heavy atom. The van der Waals surface area contributed by atoms with Crippen LogP contribution in [-0.2, 0) is 4.84 Å². The van der Waals surface area contributed by atoms with Crippen molar-refractivity contribution in [2.45, 2.75) is 12.5 Å². The zero-order valence-electron chi connectivity index (χ0n) is 6.78. The predicted octanol–water partition coefficient (Wildman–Crippen LogP) is 3.29. The molecule has 0 amide bonds. The van der Waals surface area contributed by atoms with Gasteiger partial charge in [0.2, 0.25) is 0 Å². The molecule has 1 atom stereocenters. The Morgan fingerprint density at radius 2 is 2.38 bits per heavy atom. The van der Waals surface area contributed by atoms with Gasteiger partial charge in [0.1, 0.15) is 6.10 Å². The number of rotatable bonds is 1. The Hall–Kier alpha value is 0.160. The van der Waals surface area contributed by atoms with Crippen LogP contribution in [0.1, 0.15) is 18.1 Å². The first-order chi connectivity index (χ1) is 6.25. The fraction of sp³-hybridized carbons (Fsp3) is 0.222. The fourth-order valence-corrected chi connectivity index (χ4v) is 2.03. The summed E-state index contributed by atoms with van der Waals surface area (Å²) in [5.41, 5.74) is 1.17. The summed E-state index contributed by atoms with van der Waals surface area (Å²) in [6, 6.07) is 8.24. The molecule has 4 heteroatoms. The molecule has 1 aromatic rings. The van der Waals surface area contributed by atoms with Gasteiger partial charge in [0.25, 0.3) is 0 Å². The quantitative estimate of drug-likeness (QED) is 0.583. The molecule has 1 aromatic carbocycles. The molecule has 1 aliphatic heterocycles. The first-order valence-electron chi connectivity index (χ1n) is 3.96. The number of hydroxylamine groups is 1. The second-order valence-electron chi connectivity index (χ2n) is 2.84. The zero-order valence-corrected chi connectivity index (χ0v) is 9.70. The summed E-state index contributed by atoms with van der Waals surface area (Å²) in [6.45, 7) is 1.83. The topological polar surface area (TPSA) is 12.5 Å². The molecular weight excluding hydrogens is 300 g/mol. The summed E-state index contributed by atoms with van der Waals surface area (Å²) in [5.74, 6) is 0. The lowest BCUT2D eigenvalue weighted by atomic mass is 10.1. The van der Waals surface area contributed by atoms with E-state index in [-0.39, 0.29) is 6.10 Å². The maximum atomic E-state index is 5.65. The Balaban J connectivity index is 2.16. The van der Waals surface area contributed by atoms with Gasteiger partial charge in [0.15, 0.2) is 0 Å². The van der Waals surface area contributed by atoms with Crippen LogP contribution in [0, 0.1) is 10.1 Å². The highest BCUT2D eigenvalue weighted by Crippen LogP contribution is 2.32. The summed E-state index contributed by atoms with van der Waals surface area (Å²) in [6.07, 6.45) is 0.913. The number of benzene rings is 1. The highest BCUT2D eigenvalue weighted by Gasteiger charge is 2.24. The molecule has 0 spiro atoms. The van der Waals surface area contributed by atoms with Gasteiger partial charge in [-0.2, -0.15) is 0 Å². The van der Waals surface area contributed by atoms with Gasteiger partial charge in [-0.15, -0.1) is 0 Å². The highest BCUT2D eigenvalue weighted by atomic mass is 127. The second kappa shape index (κ2) is 4.13. The van der Waals surface area contributed by atoms with Crippen molar-refractivity contribution in [1.29, 1.82) is 0 Å². The van der Waals surface area contributed by atoms with E-state index in [1.54, 1.807) is 0 Å². The van der Waals surface area contributed by atoms with E-state index in [0.29, 0.717) is 0 Å². The summed E-state index contributed by atoms with van der Waals surface area (Å²) in [4.78, 5) is 5.34. The molecule has 0 aromatic heterocycles. The Kier molecular flexibility index (Phi) is 3.08. The van der Waals surface area contributed by atoms with Crippen LogP contribution >= 0.6 is 34.4 Å². The highest BCUT2D eigenvalue weighted by molar-refractivity contribution is 14.1. The van der Waals surface area contributed by atoms with E-state index in [9.17, 15) is 0 Å². The molecule has 0 saturated carbocycles. The third kappa shape index (κ3) is 2.34. The third-order valence-electron chi connectivity index (χ3n) is 1.91. The van der Waals surface area contributed by atoms with Crippen molar-refractivity contribution in [3.05, 3.63) is 39.9 Å². The van der Waals surface area contributed by atoms with Gasteiger partial charge in [-0.1, -0.05) is 16.7 Å². The van der Waals surface area contributed by atoms with Crippen molar-refractivity contribution in [2.75, 3.05) is 0 Å². The molecule has 0 bridgehead atoms. The Morgan fingerprint density at radius 3 is 3.00 bits per heavy atom. The standard InChI is InChI=1S/C9H8ClINO/c10-12-5-4-9(13-12)7-2-1-3-8(11)6-7/h1-3,5-6,9H,4H2. The summed E-state index contributed by atoms with van der Waals surface area (Å²) in [5, 5.41) is 0. The molecule has 1 saturated heterocycles. The molecule has 0 aliphatic carbocycles. The normalized spacial score (nSPS) is 23.7. The lowest BCUT2D eigenvalue weighted by molar-refractivity contribution is -0.0665. The van der Waals surface area contributed by atoms with Gasteiger partial charge in [-0.25, -0.2) is 0 Å². The van der Waals surface area contributed by atoms with Crippen molar-refractivity contribution in [2.24, 2.45) is 0 Å². The molecule has 0 N–H and O–H groups in total. The van der Waals surface area contributed by atoms with Gasteiger partial charge in [0.05, 0.1) is 6.54 Å². The minimum absolute atomic E-state index is 0.0761. The van der Waals surface area contributed by atoms with Crippen LogP contribution in [0.15, 0.2) is 24.3 Å². The third-order valence-corrected chi connectivity index (χ3v) is 2.80. The van der Waals surface area contributed by atoms with Crippen LogP contribution < -0.4 is 0 Å². The zero-order chi connectivity index (χ0) is 9.26. The lowest BCUT2D eigenvalue weighted by Gasteiger charge is -2.09. The van der Waals surface area contributed by atoms with E-state index in [2.05, 4.69) is 40.8 Å². The average Bonchev–Trinajstić information content (AvgIpc) is 2.52. The molecule has 1 aliphatic rings. The lowest BCUT2D eigenvalue weighted by Crippen LogP contribution is -2.01. The van der Waals surface area contributed by atoms with Crippen molar-refractivity contribution in [1.82, 2.24) is 4.58 Å². The molecule has 13 heavy (non-hydrogen) atoms. The molecule has 1 radical (unpaired) electrons. The molecule has 1 heterocycles. The van der Waals surface area contributed by atoms with E-state index in [1.807, 2.05) is 12.6 Å². The van der Waals surface area contributed by atoms with Crippen LogP contribution in [0.2, 0.25) is 0 Å². The Labute approximate surface area is 96.0 Å². The van der Waals surface area contributed by atoms with Gasteiger partial charge in [0, 0.05) is 21.8 Å². The molecule has 2 nitrogen and oxygen atoms in total.